The molecule has 64 heavy (non-hydrogen) atoms. The van der Waals surface area contributed by atoms with E-state index in [9.17, 15) is 55.9 Å². The first-order valence-electron chi connectivity index (χ1n) is 23.7. The average Bonchev–Trinajstić information content (AvgIpc) is 3.23. The maximum absolute atomic E-state index is 13.2. The molecule has 8 aliphatic rings. The van der Waals surface area contributed by atoms with Crippen LogP contribution in [-0.2, 0) is 33.2 Å². The molecule has 0 spiro atoms. The van der Waals surface area contributed by atoms with E-state index in [2.05, 4.69) is 40.7 Å². The van der Waals surface area contributed by atoms with Gasteiger partial charge in [0.1, 0.15) is 61.0 Å². The van der Waals surface area contributed by atoms with E-state index < -0.39 is 127 Å². The molecule has 4 saturated carbocycles. The van der Waals surface area contributed by atoms with E-state index in [0.717, 1.165) is 37.7 Å². The van der Waals surface area contributed by atoms with Gasteiger partial charge in [-0.05, 0) is 111 Å². The molecule has 0 amide bonds. The quantitative estimate of drug-likeness (QED) is 0.122. The zero-order chi connectivity index (χ0) is 46.9. The molecule has 0 radical (unpaired) electrons. The van der Waals surface area contributed by atoms with E-state index in [1.165, 1.54) is 6.92 Å². The Hall–Kier alpha value is -1.39. The lowest BCUT2D eigenvalue weighted by atomic mass is 9.33. The summed E-state index contributed by atoms with van der Waals surface area (Å²) in [7, 11) is 0. The van der Waals surface area contributed by atoms with Crippen LogP contribution in [0.3, 0.4) is 0 Å². The van der Waals surface area contributed by atoms with E-state index in [4.69, 9.17) is 28.4 Å². The van der Waals surface area contributed by atoms with Crippen molar-refractivity contribution in [1.82, 2.24) is 0 Å². The van der Waals surface area contributed by atoms with Crippen LogP contribution in [0.4, 0.5) is 0 Å². The Balaban J connectivity index is 1.04. The molecule has 24 atom stereocenters. The summed E-state index contributed by atoms with van der Waals surface area (Å²) in [6.45, 7) is 15.9. The summed E-state index contributed by atoms with van der Waals surface area (Å²) in [5.41, 5.74) is -2.10. The Morgan fingerprint density at radius 3 is 2.06 bits per heavy atom. The van der Waals surface area contributed by atoms with Crippen molar-refractivity contribution in [2.24, 2.45) is 50.7 Å². The Morgan fingerprint density at radius 2 is 1.39 bits per heavy atom. The predicted octanol–water partition coefficient (Wildman–Crippen LogP) is 1.34. The molecule has 3 aliphatic heterocycles. The van der Waals surface area contributed by atoms with Crippen LogP contribution in [0.15, 0.2) is 11.6 Å². The van der Waals surface area contributed by atoms with E-state index in [1.54, 1.807) is 0 Å². The van der Waals surface area contributed by atoms with Crippen molar-refractivity contribution in [3.8, 4) is 0 Å². The molecule has 0 aromatic rings. The minimum atomic E-state index is -1.80. The molecule has 0 unspecified atom stereocenters. The number of ether oxygens (including phenoxy) is 6. The Kier molecular flexibility index (Phi) is 13.0. The minimum absolute atomic E-state index is 0.0348. The largest absolute Gasteiger partial charge is 0.481 e. The van der Waals surface area contributed by atoms with Crippen molar-refractivity contribution >= 4 is 5.97 Å². The third-order valence-electron chi connectivity index (χ3n) is 19.4. The van der Waals surface area contributed by atoms with Gasteiger partial charge < -0.3 is 79.5 Å². The second-order valence-electron chi connectivity index (χ2n) is 22.7. The van der Waals surface area contributed by atoms with Crippen LogP contribution in [0, 0.1) is 50.7 Å². The van der Waals surface area contributed by atoms with Gasteiger partial charge in [-0.15, -0.1) is 0 Å². The predicted molar refractivity (Wildman–Crippen MR) is 225 cm³/mol. The third kappa shape index (κ3) is 7.23. The fraction of sp³-hybridized carbons (Fsp3) is 0.936. The molecule has 7 fully saturated rings. The number of hydrogen-bond acceptors (Lipinski definition) is 16. The summed E-state index contributed by atoms with van der Waals surface area (Å²) in [6, 6.07) is 0. The molecular weight excluding hydrogens is 837 g/mol. The number of carbonyl (C=O) groups is 1. The summed E-state index contributed by atoms with van der Waals surface area (Å²) < 4.78 is 36.6. The highest BCUT2D eigenvalue weighted by Gasteiger charge is 2.71. The van der Waals surface area contributed by atoms with Gasteiger partial charge in [-0.3, -0.25) is 4.79 Å². The second kappa shape index (κ2) is 16.9. The van der Waals surface area contributed by atoms with Gasteiger partial charge in [0.15, 0.2) is 18.9 Å². The number of carboxylic acid groups (broad SMARTS) is 1. The summed E-state index contributed by atoms with van der Waals surface area (Å²) >= 11 is 0. The van der Waals surface area contributed by atoms with Crippen molar-refractivity contribution in [2.45, 2.75) is 211 Å². The number of rotatable bonds is 8. The molecule has 17 nitrogen and oxygen atoms in total. The van der Waals surface area contributed by atoms with E-state index in [0.29, 0.717) is 25.7 Å². The number of aliphatic carboxylic acids is 1. The highest BCUT2D eigenvalue weighted by Crippen LogP contribution is 2.76. The molecule has 0 aromatic heterocycles. The van der Waals surface area contributed by atoms with Crippen LogP contribution in [0.5, 0.6) is 0 Å². The summed E-state index contributed by atoms with van der Waals surface area (Å²) in [4.78, 5) is 13.2. The first kappa shape index (κ1) is 49.0. The highest BCUT2D eigenvalue weighted by molar-refractivity contribution is 5.77. The highest BCUT2D eigenvalue weighted by atomic mass is 16.8. The summed E-state index contributed by atoms with van der Waals surface area (Å²) in [6.07, 6.45) is -13.0. The molecular formula is C47H76O17. The fourth-order valence-electron chi connectivity index (χ4n) is 15.0. The Labute approximate surface area is 376 Å². The van der Waals surface area contributed by atoms with Crippen molar-refractivity contribution in [3.05, 3.63) is 11.6 Å². The van der Waals surface area contributed by atoms with Crippen LogP contribution in [0.2, 0.25) is 0 Å². The molecule has 5 aliphatic carbocycles. The molecule has 3 heterocycles. The molecule has 17 heteroatoms. The first-order chi connectivity index (χ1) is 29.8. The molecule has 366 valence electrons. The van der Waals surface area contributed by atoms with Gasteiger partial charge in [0.2, 0.25) is 0 Å². The zero-order valence-corrected chi connectivity index (χ0v) is 38.7. The van der Waals surface area contributed by atoms with Crippen LogP contribution in [0.25, 0.3) is 0 Å². The summed E-state index contributed by atoms with van der Waals surface area (Å²) in [5.74, 6) is -0.871. The number of hydrogen-bond donors (Lipinski definition) is 10. The second-order valence-corrected chi connectivity index (χ2v) is 22.7. The minimum Gasteiger partial charge on any atom is -0.481 e. The molecule has 3 saturated heterocycles. The smallest absolute Gasteiger partial charge is 0.310 e. The van der Waals surface area contributed by atoms with Crippen molar-refractivity contribution < 1.29 is 84.3 Å². The van der Waals surface area contributed by atoms with E-state index in [-0.39, 0.29) is 40.6 Å². The monoisotopic (exact) mass is 913 g/mol. The van der Waals surface area contributed by atoms with Gasteiger partial charge in [0, 0.05) is 5.92 Å². The topological polar surface area (TPSA) is 275 Å². The third-order valence-corrected chi connectivity index (χ3v) is 19.4. The number of aliphatic hydroxyl groups excluding tert-OH is 8. The van der Waals surface area contributed by atoms with Gasteiger partial charge in [0.05, 0.1) is 36.4 Å². The Bertz CT molecular complexity index is 1760. The van der Waals surface area contributed by atoms with Gasteiger partial charge >= 0.3 is 5.97 Å². The molecule has 0 aromatic carbocycles. The van der Waals surface area contributed by atoms with Crippen molar-refractivity contribution in [2.75, 3.05) is 13.2 Å². The lowest BCUT2D eigenvalue weighted by Crippen LogP contribution is -2.68. The summed E-state index contributed by atoms with van der Waals surface area (Å²) in [5, 5.41) is 109. The van der Waals surface area contributed by atoms with Gasteiger partial charge in [-0.2, -0.15) is 0 Å². The van der Waals surface area contributed by atoms with Gasteiger partial charge in [-0.25, -0.2) is 0 Å². The van der Waals surface area contributed by atoms with E-state index in [1.807, 2.05) is 13.8 Å². The molecule has 8 rings (SSSR count). The number of carboxylic acids is 1. The normalized spacial score (nSPS) is 56.1. The molecule has 0 bridgehead atoms. The van der Waals surface area contributed by atoms with Crippen molar-refractivity contribution in [1.29, 1.82) is 0 Å². The van der Waals surface area contributed by atoms with Crippen LogP contribution < -0.4 is 0 Å². The zero-order valence-electron chi connectivity index (χ0n) is 38.7. The Morgan fingerprint density at radius 1 is 0.719 bits per heavy atom. The van der Waals surface area contributed by atoms with Gasteiger partial charge in [0.25, 0.3) is 0 Å². The number of fused-ring (bicyclic) bond motifs is 7. The average molecular weight is 913 g/mol. The standard InChI is InChI=1S/C47H76O17/c1-21-11-16-47(41(56)57)18-17-44(6)23(37(47)46(21,8)58)9-10-27-43(5)14-13-28(42(3,4)26(43)12-15-45(27,44)7)62-39-35(30(51)24(49)20-59-39)64-40-36(33(54)31(52)25(19-48)61-40)63-38-34(55)32(53)29(50)22(2)60-38/h9,21-22,24-40,48-55,58H,10-20H2,1-8H3,(H,56,57)/t21-,22-,24+,25+,26-,27-,28-,29-,30-,31+,32+,33-,34+,35+,36+,37+,38-,39-,40-,43-,44+,45+,46+,47-/m0/s1. The fourth-order valence-corrected chi connectivity index (χ4v) is 15.0. The maximum Gasteiger partial charge on any atom is 0.310 e. The number of allylic oxidation sites excluding steroid dienone is 1. The van der Waals surface area contributed by atoms with Crippen LogP contribution >= 0.6 is 0 Å². The first-order valence-corrected chi connectivity index (χ1v) is 23.7. The van der Waals surface area contributed by atoms with Gasteiger partial charge in [-0.1, -0.05) is 53.2 Å². The lowest BCUT2D eigenvalue weighted by Gasteiger charge is -2.72. The lowest BCUT2D eigenvalue weighted by molar-refractivity contribution is -0.392. The SMILES string of the molecule is C[C@@H]1O[C@@H](O[C@H]2[C@H](O[C@H]3[C@H](O[C@H]4CC[C@@]5(C)[C@@H](CC[C@]6(C)[C@H]5CC=C5[C@H]7[C@](C(=O)O)(CC[C@H](C)[C@@]7(C)O)CC[C@]56C)C4(C)C)OC[C@@H](O)[C@@H]3O)O[C@H](CO)[C@@H](O)[C@@H]2O)[C@H](O)[C@H](O)[C@H]1O. The maximum atomic E-state index is 13.2. The van der Waals surface area contributed by atoms with Crippen LogP contribution in [0.1, 0.15) is 113 Å². The molecule has 10 N–H and O–H groups in total. The van der Waals surface area contributed by atoms with Crippen molar-refractivity contribution in [3.63, 3.8) is 0 Å². The van der Waals surface area contributed by atoms with Crippen LogP contribution in [-0.4, -0.2) is 168 Å². The number of aliphatic hydroxyl groups is 9. The van der Waals surface area contributed by atoms with E-state index >= 15 is 0 Å².